The van der Waals surface area contributed by atoms with Gasteiger partial charge in [0.05, 0.1) is 16.6 Å². The number of sulfone groups is 1. The summed E-state index contributed by atoms with van der Waals surface area (Å²) in [5, 5.41) is 2.30. The minimum absolute atomic E-state index is 0.0518. The van der Waals surface area contributed by atoms with Crippen molar-refractivity contribution in [2.24, 2.45) is 5.92 Å². The van der Waals surface area contributed by atoms with Gasteiger partial charge < -0.3 is 11.1 Å². The van der Waals surface area contributed by atoms with Gasteiger partial charge in [-0.05, 0) is 31.0 Å². The van der Waals surface area contributed by atoms with Crippen LogP contribution in [0.2, 0.25) is 5.02 Å². The Labute approximate surface area is 124 Å². The number of hydrogen-bond acceptors (Lipinski definition) is 4. The largest absolute Gasteiger partial charge is 0.397 e. The Morgan fingerprint density at radius 3 is 2.50 bits per heavy atom. The molecule has 1 atom stereocenters. The van der Waals surface area contributed by atoms with E-state index in [4.69, 9.17) is 17.3 Å². The maximum atomic E-state index is 12.0. The van der Waals surface area contributed by atoms with E-state index in [0.717, 1.165) is 0 Å². The first kappa shape index (κ1) is 16.8. The van der Waals surface area contributed by atoms with Crippen molar-refractivity contribution in [3.8, 4) is 0 Å². The van der Waals surface area contributed by atoms with Crippen LogP contribution in [0.4, 0.5) is 11.4 Å². The number of nitrogens with one attached hydrogen (secondary N) is 1. The molecule has 0 saturated heterocycles. The standard InChI is InChI=1S/C13H19ClN2O3S/c1-8(2)9(3)20(18,19)7-13(17)16-12-6-10(14)4-5-11(12)15/h4-6,8-9H,7,15H2,1-3H3,(H,16,17). The molecule has 0 spiro atoms. The monoisotopic (exact) mass is 318 g/mol. The van der Waals surface area contributed by atoms with Crippen molar-refractivity contribution in [1.29, 1.82) is 0 Å². The maximum absolute atomic E-state index is 12.0. The van der Waals surface area contributed by atoms with Crippen LogP contribution in [0.3, 0.4) is 0 Å². The summed E-state index contributed by atoms with van der Waals surface area (Å²) in [4.78, 5) is 11.8. The Kier molecular flexibility index (Phi) is 5.42. The van der Waals surface area contributed by atoms with Gasteiger partial charge in [-0.25, -0.2) is 8.42 Å². The van der Waals surface area contributed by atoms with Gasteiger partial charge in [-0.15, -0.1) is 0 Å². The fraction of sp³-hybridized carbons (Fsp3) is 0.462. The fourth-order valence-electron chi connectivity index (χ4n) is 1.55. The van der Waals surface area contributed by atoms with Crippen molar-refractivity contribution < 1.29 is 13.2 Å². The van der Waals surface area contributed by atoms with Gasteiger partial charge in [0, 0.05) is 5.02 Å². The molecular formula is C13H19ClN2O3S. The van der Waals surface area contributed by atoms with Gasteiger partial charge >= 0.3 is 0 Å². The Bertz CT molecular complexity index is 600. The van der Waals surface area contributed by atoms with E-state index in [1.54, 1.807) is 32.9 Å². The number of amides is 1. The molecule has 0 bridgehead atoms. The summed E-state index contributed by atoms with van der Waals surface area (Å²) in [6.07, 6.45) is 0. The molecule has 112 valence electrons. The highest BCUT2D eigenvalue weighted by atomic mass is 35.5. The number of nitrogens with two attached hydrogens (primary N) is 1. The van der Waals surface area contributed by atoms with E-state index in [1.807, 2.05) is 0 Å². The molecule has 1 aromatic rings. The minimum Gasteiger partial charge on any atom is -0.397 e. The second kappa shape index (κ2) is 6.45. The average Bonchev–Trinajstić information content (AvgIpc) is 2.32. The van der Waals surface area contributed by atoms with Crippen LogP contribution in [0.1, 0.15) is 20.8 Å². The van der Waals surface area contributed by atoms with Gasteiger partial charge in [0.25, 0.3) is 0 Å². The molecule has 7 heteroatoms. The summed E-state index contributed by atoms with van der Waals surface area (Å²) in [6.45, 7) is 5.20. The lowest BCUT2D eigenvalue weighted by molar-refractivity contribution is -0.113. The van der Waals surface area contributed by atoms with Crippen molar-refractivity contribution in [2.75, 3.05) is 16.8 Å². The van der Waals surface area contributed by atoms with E-state index in [-0.39, 0.29) is 5.92 Å². The van der Waals surface area contributed by atoms with Crippen LogP contribution in [0, 0.1) is 5.92 Å². The van der Waals surface area contributed by atoms with Crippen molar-refractivity contribution >= 4 is 38.7 Å². The predicted octanol–water partition coefficient (Wildman–Crippen LogP) is 2.32. The Morgan fingerprint density at radius 2 is 1.95 bits per heavy atom. The molecule has 0 aliphatic heterocycles. The van der Waals surface area contributed by atoms with Gasteiger partial charge in [-0.2, -0.15) is 0 Å². The number of nitrogen functional groups attached to an aromatic ring is 1. The molecule has 0 fully saturated rings. The second-order valence-corrected chi connectivity index (χ2v) is 7.83. The lowest BCUT2D eigenvalue weighted by atomic mass is 10.2. The molecule has 0 radical (unpaired) electrons. The normalized spacial score (nSPS) is 13.2. The third-order valence-electron chi connectivity index (χ3n) is 3.13. The Hall–Kier alpha value is -1.27. The summed E-state index contributed by atoms with van der Waals surface area (Å²) in [5.74, 6) is -1.24. The van der Waals surface area contributed by atoms with Crippen molar-refractivity contribution in [3.63, 3.8) is 0 Å². The highest BCUT2D eigenvalue weighted by molar-refractivity contribution is 7.92. The first-order chi connectivity index (χ1) is 9.13. The van der Waals surface area contributed by atoms with Crippen LogP contribution in [-0.2, 0) is 14.6 Å². The molecule has 0 aliphatic rings. The van der Waals surface area contributed by atoms with Crippen LogP contribution in [0.25, 0.3) is 0 Å². The number of halogens is 1. The lowest BCUT2D eigenvalue weighted by Gasteiger charge is -2.16. The highest BCUT2D eigenvalue weighted by Crippen LogP contribution is 2.23. The Morgan fingerprint density at radius 1 is 1.35 bits per heavy atom. The smallest absolute Gasteiger partial charge is 0.239 e. The molecular weight excluding hydrogens is 300 g/mol. The van der Waals surface area contributed by atoms with Gasteiger partial charge in [0.2, 0.25) is 5.91 Å². The SMILES string of the molecule is CC(C)C(C)S(=O)(=O)CC(=O)Nc1cc(Cl)ccc1N. The molecule has 0 heterocycles. The molecule has 5 nitrogen and oxygen atoms in total. The van der Waals surface area contributed by atoms with E-state index < -0.39 is 26.7 Å². The predicted molar refractivity (Wildman–Crippen MR) is 82.6 cm³/mol. The van der Waals surface area contributed by atoms with Crippen molar-refractivity contribution in [3.05, 3.63) is 23.2 Å². The van der Waals surface area contributed by atoms with Crippen LogP contribution in [0.5, 0.6) is 0 Å². The van der Waals surface area contributed by atoms with Gasteiger partial charge in [0.15, 0.2) is 9.84 Å². The quantitative estimate of drug-likeness (QED) is 0.815. The molecule has 0 aliphatic carbocycles. The van der Waals surface area contributed by atoms with Crippen LogP contribution < -0.4 is 11.1 Å². The van der Waals surface area contributed by atoms with E-state index >= 15 is 0 Å². The molecule has 3 N–H and O–H groups in total. The van der Waals surface area contributed by atoms with Gasteiger partial charge in [-0.1, -0.05) is 25.4 Å². The third kappa shape index (κ3) is 4.38. The van der Waals surface area contributed by atoms with Crippen molar-refractivity contribution in [2.45, 2.75) is 26.0 Å². The molecule has 1 amide bonds. The summed E-state index contributed by atoms with van der Waals surface area (Å²) in [5.41, 5.74) is 6.33. The minimum atomic E-state index is -3.49. The lowest BCUT2D eigenvalue weighted by Crippen LogP contribution is -2.32. The van der Waals surface area contributed by atoms with Crippen LogP contribution in [0.15, 0.2) is 18.2 Å². The van der Waals surface area contributed by atoms with Gasteiger partial charge in [0.1, 0.15) is 5.75 Å². The summed E-state index contributed by atoms with van der Waals surface area (Å²) < 4.78 is 24.0. The van der Waals surface area contributed by atoms with Crippen molar-refractivity contribution in [1.82, 2.24) is 0 Å². The highest BCUT2D eigenvalue weighted by Gasteiger charge is 2.26. The number of rotatable bonds is 5. The number of anilines is 2. The molecule has 20 heavy (non-hydrogen) atoms. The number of carbonyl (C=O) groups is 1. The molecule has 0 aromatic heterocycles. The van der Waals surface area contributed by atoms with E-state index in [0.29, 0.717) is 16.4 Å². The number of carbonyl (C=O) groups excluding carboxylic acids is 1. The first-order valence-corrected chi connectivity index (χ1v) is 8.29. The first-order valence-electron chi connectivity index (χ1n) is 6.20. The number of benzene rings is 1. The van der Waals surface area contributed by atoms with Gasteiger partial charge in [-0.3, -0.25) is 4.79 Å². The van der Waals surface area contributed by atoms with E-state index in [1.165, 1.54) is 6.07 Å². The van der Waals surface area contributed by atoms with Crippen LogP contribution in [-0.4, -0.2) is 25.3 Å². The Balaban J connectivity index is 2.81. The molecule has 0 saturated carbocycles. The maximum Gasteiger partial charge on any atom is 0.239 e. The molecule has 1 aromatic carbocycles. The van der Waals surface area contributed by atoms with E-state index in [9.17, 15) is 13.2 Å². The number of hydrogen-bond donors (Lipinski definition) is 2. The molecule has 1 rings (SSSR count). The summed E-state index contributed by atoms with van der Waals surface area (Å²) >= 11 is 5.80. The third-order valence-corrected chi connectivity index (χ3v) is 5.70. The van der Waals surface area contributed by atoms with E-state index in [2.05, 4.69) is 5.32 Å². The summed E-state index contributed by atoms with van der Waals surface area (Å²) in [6, 6.07) is 4.61. The summed E-state index contributed by atoms with van der Waals surface area (Å²) in [7, 11) is -3.49. The molecule has 1 unspecified atom stereocenters. The topological polar surface area (TPSA) is 89.3 Å². The fourth-order valence-corrected chi connectivity index (χ4v) is 3.25. The zero-order valence-electron chi connectivity index (χ0n) is 11.7. The average molecular weight is 319 g/mol. The second-order valence-electron chi connectivity index (χ2n) is 5.04. The van der Waals surface area contributed by atoms with Crippen LogP contribution >= 0.6 is 11.6 Å². The zero-order chi connectivity index (χ0) is 15.5. The zero-order valence-corrected chi connectivity index (χ0v) is 13.3.